The standard InChI is InChI=1S/C9H18N2O3/c10-6-5-8(12)11-7-3-1-2-4-9(13)14/h1-7,10H2,(H,11,12)(H,13,14). The second kappa shape index (κ2) is 8.50. The molecule has 14 heavy (non-hydrogen) atoms. The minimum Gasteiger partial charge on any atom is -0.481 e. The van der Waals surface area contributed by atoms with E-state index in [1.165, 1.54) is 0 Å². The third-order valence-corrected chi connectivity index (χ3v) is 1.76. The summed E-state index contributed by atoms with van der Waals surface area (Å²) in [4.78, 5) is 21.0. The minimum atomic E-state index is -0.767. The third kappa shape index (κ3) is 8.99. The molecule has 0 fully saturated rings. The first-order valence-corrected chi connectivity index (χ1v) is 4.85. The van der Waals surface area contributed by atoms with Crippen LogP contribution in [0.5, 0.6) is 0 Å². The van der Waals surface area contributed by atoms with Gasteiger partial charge in [0.05, 0.1) is 0 Å². The SMILES string of the molecule is NCCC(=O)NCCCCCC(=O)O. The molecule has 0 aromatic carbocycles. The zero-order valence-corrected chi connectivity index (χ0v) is 8.29. The lowest BCUT2D eigenvalue weighted by Gasteiger charge is -2.03. The molecule has 0 atom stereocenters. The topological polar surface area (TPSA) is 92.4 Å². The lowest BCUT2D eigenvalue weighted by atomic mass is 10.2. The van der Waals surface area contributed by atoms with Crippen LogP contribution in [0.2, 0.25) is 0 Å². The number of carboxylic acids is 1. The van der Waals surface area contributed by atoms with Gasteiger partial charge in [-0.2, -0.15) is 0 Å². The van der Waals surface area contributed by atoms with Gasteiger partial charge in [0.2, 0.25) is 5.91 Å². The Labute approximate surface area is 83.7 Å². The molecule has 0 saturated heterocycles. The minimum absolute atomic E-state index is 0.0364. The van der Waals surface area contributed by atoms with Crippen molar-refractivity contribution in [1.29, 1.82) is 0 Å². The predicted octanol–water partition coefficient (Wildman–Crippen LogP) is 0.0964. The molecule has 0 bridgehead atoms. The lowest BCUT2D eigenvalue weighted by Crippen LogP contribution is -2.26. The van der Waals surface area contributed by atoms with Gasteiger partial charge in [0.25, 0.3) is 0 Å². The number of hydrogen-bond donors (Lipinski definition) is 3. The van der Waals surface area contributed by atoms with Crippen molar-refractivity contribution < 1.29 is 14.7 Å². The van der Waals surface area contributed by atoms with E-state index in [-0.39, 0.29) is 12.3 Å². The normalized spacial score (nSPS) is 9.79. The van der Waals surface area contributed by atoms with Crippen molar-refractivity contribution in [2.75, 3.05) is 13.1 Å². The van der Waals surface area contributed by atoms with Crippen LogP contribution in [0.1, 0.15) is 32.1 Å². The molecule has 0 aromatic rings. The van der Waals surface area contributed by atoms with Crippen LogP contribution in [0.15, 0.2) is 0 Å². The molecule has 0 rings (SSSR count). The maximum absolute atomic E-state index is 10.9. The summed E-state index contributed by atoms with van der Waals surface area (Å²) >= 11 is 0. The van der Waals surface area contributed by atoms with Crippen molar-refractivity contribution >= 4 is 11.9 Å². The molecule has 0 unspecified atom stereocenters. The molecular formula is C9H18N2O3. The molecule has 0 aliphatic heterocycles. The van der Waals surface area contributed by atoms with Crippen molar-refractivity contribution in [2.45, 2.75) is 32.1 Å². The molecule has 0 aliphatic carbocycles. The van der Waals surface area contributed by atoms with Gasteiger partial charge in [-0.15, -0.1) is 0 Å². The highest BCUT2D eigenvalue weighted by Crippen LogP contribution is 1.98. The van der Waals surface area contributed by atoms with Crippen LogP contribution in [0.4, 0.5) is 0 Å². The predicted molar refractivity (Wildman–Crippen MR) is 52.8 cm³/mol. The Bertz CT molecular complexity index is 183. The van der Waals surface area contributed by atoms with Crippen molar-refractivity contribution in [2.24, 2.45) is 5.73 Å². The third-order valence-electron chi connectivity index (χ3n) is 1.76. The molecule has 0 aromatic heterocycles. The van der Waals surface area contributed by atoms with Gasteiger partial charge >= 0.3 is 5.97 Å². The first-order chi connectivity index (χ1) is 6.66. The molecule has 0 radical (unpaired) electrons. The Morgan fingerprint density at radius 1 is 1.14 bits per heavy atom. The molecule has 0 spiro atoms. The van der Waals surface area contributed by atoms with Crippen molar-refractivity contribution in [3.05, 3.63) is 0 Å². The number of aliphatic carboxylic acids is 1. The van der Waals surface area contributed by atoms with Gasteiger partial charge in [0.1, 0.15) is 0 Å². The molecule has 0 saturated carbocycles. The van der Waals surface area contributed by atoms with Crippen LogP contribution in [0.25, 0.3) is 0 Å². The second-order valence-electron chi connectivity index (χ2n) is 3.09. The number of rotatable bonds is 8. The molecule has 5 nitrogen and oxygen atoms in total. The molecule has 5 heteroatoms. The summed E-state index contributed by atoms with van der Waals surface area (Å²) in [5.41, 5.74) is 5.19. The smallest absolute Gasteiger partial charge is 0.303 e. The molecule has 0 heterocycles. The van der Waals surface area contributed by atoms with Gasteiger partial charge in [-0.05, 0) is 12.8 Å². The Morgan fingerprint density at radius 2 is 1.86 bits per heavy atom. The first-order valence-electron chi connectivity index (χ1n) is 4.85. The average molecular weight is 202 g/mol. The van der Waals surface area contributed by atoms with E-state index < -0.39 is 5.97 Å². The van der Waals surface area contributed by atoms with Gasteiger partial charge in [0, 0.05) is 25.9 Å². The summed E-state index contributed by atoms with van der Waals surface area (Å²) < 4.78 is 0. The number of unbranched alkanes of at least 4 members (excludes halogenated alkanes) is 2. The highest BCUT2D eigenvalue weighted by atomic mass is 16.4. The fourth-order valence-corrected chi connectivity index (χ4v) is 1.03. The average Bonchev–Trinajstić information content (AvgIpc) is 2.11. The van der Waals surface area contributed by atoms with Gasteiger partial charge in [-0.3, -0.25) is 9.59 Å². The van der Waals surface area contributed by atoms with Crippen LogP contribution < -0.4 is 11.1 Å². The number of nitrogens with one attached hydrogen (secondary N) is 1. The number of carbonyl (C=O) groups is 2. The van der Waals surface area contributed by atoms with Crippen molar-refractivity contribution in [3.63, 3.8) is 0 Å². The fourth-order valence-electron chi connectivity index (χ4n) is 1.03. The Morgan fingerprint density at radius 3 is 2.43 bits per heavy atom. The Balaban J connectivity index is 3.13. The van der Waals surface area contributed by atoms with Crippen LogP contribution in [0, 0.1) is 0 Å². The van der Waals surface area contributed by atoms with E-state index >= 15 is 0 Å². The zero-order chi connectivity index (χ0) is 10.8. The molecule has 4 N–H and O–H groups in total. The Kier molecular flexibility index (Phi) is 7.83. The van der Waals surface area contributed by atoms with E-state index in [0.717, 1.165) is 12.8 Å². The van der Waals surface area contributed by atoms with Crippen molar-refractivity contribution in [1.82, 2.24) is 5.32 Å². The van der Waals surface area contributed by atoms with E-state index in [9.17, 15) is 9.59 Å². The fraction of sp³-hybridized carbons (Fsp3) is 0.778. The van der Waals surface area contributed by atoms with Crippen molar-refractivity contribution in [3.8, 4) is 0 Å². The number of nitrogens with two attached hydrogens (primary N) is 1. The van der Waals surface area contributed by atoms with E-state index in [4.69, 9.17) is 10.8 Å². The van der Waals surface area contributed by atoms with Crippen LogP contribution in [0.3, 0.4) is 0 Å². The van der Waals surface area contributed by atoms with E-state index in [1.54, 1.807) is 0 Å². The summed E-state index contributed by atoms with van der Waals surface area (Å²) in [5, 5.41) is 11.0. The molecular weight excluding hydrogens is 184 g/mol. The zero-order valence-electron chi connectivity index (χ0n) is 8.29. The first kappa shape index (κ1) is 12.9. The van der Waals surface area contributed by atoms with Crippen LogP contribution >= 0.6 is 0 Å². The Hall–Kier alpha value is -1.10. The van der Waals surface area contributed by atoms with E-state index in [1.807, 2.05) is 0 Å². The number of carbonyl (C=O) groups excluding carboxylic acids is 1. The summed E-state index contributed by atoms with van der Waals surface area (Å²) in [6, 6.07) is 0. The quantitative estimate of drug-likeness (QED) is 0.486. The summed E-state index contributed by atoms with van der Waals surface area (Å²) in [6.07, 6.45) is 2.88. The van der Waals surface area contributed by atoms with Gasteiger partial charge in [-0.1, -0.05) is 6.42 Å². The van der Waals surface area contributed by atoms with E-state index in [0.29, 0.717) is 25.9 Å². The second-order valence-corrected chi connectivity index (χ2v) is 3.09. The highest BCUT2D eigenvalue weighted by molar-refractivity contribution is 5.75. The molecule has 0 aliphatic rings. The van der Waals surface area contributed by atoms with Gasteiger partial charge in [0.15, 0.2) is 0 Å². The van der Waals surface area contributed by atoms with Crippen LogP contribution in [-0.2, 0) is 9.59 Å². The van der Waals surface area contributed by atoms with Crippen LogP contribution in [-0.4, -0.2) is 30.1 Å². The maximum Gasteiger partial charge on any atom is 0.303 e. The molecule has 82 valence electrons. The highest BCUT2D eigenvalue weighted by Gasteiger charge is 1.99. The number of amides is 1. The monoisotopic (exact) mass is 202 g/mol. The number of carboxylic acid groups (broad SMARTS) is 1. The van der Waals surface area contributed by atoms with Gasteiger partial charge in [-0.25, -0.2) is 0 Å². The number of hydrogen-bond acceptors (Lipinski definition) is 3. The summed E-state index contributed by atoms with van der Waals surface area (Å²) in [7, 11) is 0. The largest absolute Gasteiger partial charge is 0.481 e. The lowest BCUT2D eigenvalue weighted by molar-refractivity contribution is -0.137. The summed E-state index contributed by atoms with van der Waals surface area (Å²) in [5.74, 6) is -0.803. The van der Waals surface area contributed by atoms with Gasteiger partial charge < -0.3 is 16.2 Å². The maximum atomic E-state index is 10.9. The summed E-state index contributed by atoms with van der Waals surface area (Å²) in [6.45, 7) is 0.975. The van der Waals surface area contributed by atoms with E-state index in [2.05, 4.69) is 5.32 Å². The molecule has 1 amide bonds.